The van der Waals surface area contributed by atoms with Gasteiger partial charge < -0.3 is 18.9 Å². The third-order valence-corrected chi connectivity index (χ3v) is 2.42. The van der Waals surface area contributed by atoms with Gasteiger partial charge in [-0.3, -0.25) is 0 Å². The SMILES string of the molecule is CC#CCOCC#CCOCCCCCOCC#CCOC. The molecule has 4 heteroatoms. The van der Waals surface area contributed by atoms with E-state index in [4.69, 9.17) is 18.9 Å². The fourth-order valence-electron chi connectivity index (χ4n) is 1.33. The highest BCUT2D eigenvalue weighted by atomic mass is 16.5. The van der Waals surface area contributed by atoms with Gasteiger partial charge in [-0.05, 0) is 26.2 Å². The molecule has 0 amide bonds. The Hall–Kier alpha value is -1.48. The van der Waals surface area contributed by atoms with Gasteiger partial charge >= 0.3 is 0 Å². The molecule has 0 heterocycles. The second-order valence-corrected chi connectivity index (χ2v) is 4.23. The third kappa shape index (κ3) is 18.5. The summed E-state index contributed by atoms with van der Waals surface area (Å²) in [6.07, 6.45) is 3.12. The molecule has 4 nitrogen and oxygen atoms in total. The molecule has 0 aromatic carbocycles. The van der Waals surface area contributed by atoms with Crippen molar-refractivity contribution in [2.24, 2.45) is 0 Å². The van der Waals surface area contributed by atoms with Gasteiger partial charge in [-0.1, -0.05) is 29.6 Å². The topological polar surface area (TPSA) is 36.9 Å². The summed E-state index contributed by atoms with van der Waals surface area (Å²) in [6, 6.07) is 0. The molecule has 0 aromatic heterocycles. The van der Waals surface area contributed by atoms with Crippen LogP contribution in [-0.2, 0) is 18.9 Å². The van der Waals surface area contributed by atoms with Crippen LogP contribution in [-0.4, -0.2) is 53.4 Å². The Morgan fingerprint density at radius 3 is 1.64 bits per heavy atom. The maximum Gasteiger partial charge on any atom is 0.109 e. The van der Waals surface area contributed by atoms with Crippen molar-refractivity contribution in [1.29, 1.82) is 0 Å². The first kappa shape index (κ1) is 20.5. The van der Waals surface area contributed by atoms with E-state index in [0.717, 1.165) is 32.5 Å². The first-order chi connectivity index (χ1) is 10.9. The van der Waals surface area contributed by atoms with Crippen LogP contribution in [0.4, 0.5) is 0 Å². The van der Waals surface area contributed by atoms with E-state index < -0.39 is 0 Å². The van der Waals surface area contributed by atoms with Gasteiger partial charge in [0.2, 0.25) is 0 Å². The Morgan fingerprint density at radius 1 is 0.591 bits per heavy atom. The second kappa shape index (κ2) is 19.5. The summed E-state index contributed by atoms with van der Waals surface area (Å²) in [5.41, 5.74) is 0. The molecule has 0 aliphatic heterocycles. The molecule has 0 spiro atoms. The summed E-state index contributed by atoms with van der Waals surface area (Å²) in [5.74, 6) is 17.1. The van der Waals surface area contributed by atoms with E-state index in [2.05, 4.69) is 35.5 Å². The first-order valence-electron chi connectivity index (χ1n) is 7.45. The molecule has 0 radical (unpaired) electrons. The van der Waals surface area contributed by atoms with Crippen LogP contribution in [0, 0.1) is 35.5 Å². The van der Waals surface area contributed by atoms with Crippen molar-refractivity contribution in [3.05, 3.63) is 0 Å². The predicted molar refractivity (Wildman–Crippen MR) is 87.2 cm³/mol. The van der Waals surface area contributed by atoms with Crippen LogP contribution in [0.5, 0.6) is 0 Å². The first-order valence-corrected chi connectivity index (χ1v) is 7.45. The lowest BCUT2D eigenvalue weighted by Gasteiger charge is -2.01. The minimum Gasteiger partial charge on any atom is -0.372 e. The molecule has 0 rings (SSSR count). The zero-order chi connectivity index (χ0) is 16.1. The Balaban J connectivity index is 3.16. The monoisotopic (exact) mass is 306 g/mol. The lowest BCUT2D eigenvalue weighted by molar-refractivity contribution is 0.144. The van der Waals surface area contributed by atoms with Crippen LogP contribution in [0.15, 0.2) is 0 Å². The summed E-state index contributed by atoms with van der Waals surface area (Å²) in [5, 5.41) is 0. The van der Waals surface area contributed by atoms with Gasteiger partial charge in [-0.15, -0.1) is 5.92 Å². The van der Waals surface area contributed by atoms with Crippen molar-refractivity contribution >= 4 is 0 Å². The van der Waals surface area contributed by atoms with Crippen LogP contribution in [0.3, 0.4) is 0 Å². The quantitative estimate of drug-likeness (QED) is 0.431. The van der Waals surface area contributed by atoms with Crippen molar-refractivity contribution in [2.45, 2.75) is 26.2 Å². The van der Waals surface area contributed by atoms with E-state index in [0.29, 0.717) is 33.0 Å². The predicted octanol–water partition coefficient (Wildman–Crippen LogP) is 1.88. The Morgan fingerprint density at radius 2 is 1.09 bits per heavy atom. The van der Waals surface area contributed by atoms with Crippen molar-refractivity contribution in [3.8, 4) is 35.5 Å². The summed E-state index contributed by atoms with van der Waals surface area (Å²) >= 11 is 0. The van der Waals surface area contributed by atoms with Crippen LogP contribution in [0.2, 0.25) is 0 Å². The molecule has 0 unspecified atom stereocenters. The number of hydrogen-bond acceptors (Lipinski definition) is 4. The third-order valence-electron chi connectivity index (χ3n) is 2.42. The van der Waals surface area contributed by atoms with Gasteiger partial charge in [0.15, 0.2) is 0 Å². The Bertz CT molecular complexity index is 412. The minimum absolute atomic E-state index is 0.405. The normalized spacial score (nSPS) is 9.00. The van der Waals surface area contributed by atoms with Crippen LogP contribution in [0.25, 0.3) is 0 Å². The van der Waals surface area contributed by atoms with E-state index in [-0.39, 0.29) is 0 Å². The highest BCUT2D eigenvalue weighted by molar-refractivity contribution is 5.00. The average molecular weight is 306 g/mol. The summed E-state index contributed by atoms with van der Waals surface area (Å²) in [6.45, 7) is 5.48. The maximum atomic E-state index is 5.40. The van der Waals surface area contributed by atoms with Gasteiger partial charge in [0.1, 0.15) is 33.0 Å². The minimum atomic E-state index is 0.405. The van der Waals surface area contributed by atoms with Crippen molar-refractivity contribution in [1.82, 2.24) is 0 Å². The highest BCUT2D eigenvalue weighted by Gasteiger charge is 1.90. The summed E-state index contributed by atoms with van der Waals surface area (Å²) in [4.78, 5) is 0. The molecule has 0 bridgehead atoms. The van der Waals surface area contributed by atoms with Crippen molar-refractivity contribution in [3.63, 3.8) is 0 Å². The molecule has 0 atom stereocenters. The standard InChI is InChI=1S/C18H26O4/c1-3-4-13-20-17-10-11-18-22-15-7-5-6-14-21-16-9-8-12-19-2/h5-7,12-18H2,1-2H3. The molecule has 0 aliphatic carbocycles. The van der Waals surface area contributed by atoms with Crippen LogP contribution in [0.1, 0.15) is 26.2 Å². The van der Waals surface area contributed by atoms with E-state index in [9.17, 15) is 0 Å². The average Bonchev–Trinajstić information content (AvgIpc) is 2.54. The van der Waals surface area contributed by atoms with Gasteiger partial charge in [-0.25, -0.2) is 0 Å². The number of methoxy groups -OCH3 is 1. The lowest BCUT2D eigenvalue weighted by Crippen LogP contribution is -1.98. The van der Waals surface area contributed by atoms with E-state index in [1.54, 1.807) is 14.0 Å². The molecule has 0 saturated heterocycles. The highest BCUT2D eigenvalue weighted by Crippen LogP contribution is 1.96. The van der Waals surface area contributed by atoms with E-state index in [1.807, 2.05) is 0 Å². The number of ether oxygens (including phenoxy) is 4. The Kier molecular flexibility index (Phi) is 18.2. The smallest absolute Gasteiger partial charge is 0.109 e. The Labute approximate surface area is 134 Å². The fraction of sp³-hybridized carbons (Fsp3) is 0.667. The fourth-order valence-corrected chi connectivity index (χ4v) is 1.33. The molecular weight excluding hydrogens is 280 g/mol. The molecule has 0 N–H and O–H groups in total. The summed E-state index contributed by atoms with van der Waals surface area (Å²) < 4.78 is 20.7. The van der Waals surface area contributed by atoms with Gasteiger partial charge in [0.25, 0.3) is 0 Å². The second-order valence-electron chi connectivity index (χ2n) is 4.23. The molecule has 22 heavy (non-hydrogen) atoms. The van der Waals surface area contributed by atoms with Gasteiger partial charge in [0, 0.05) is 20.3 Å². The van der Waals surface area contributed by atoms with E-state index >= 15 is 0 Å². The number of rotatable bonds is 11. The van der Waals surface area contributed by atoms with E-state index in [1.165, 1.54) is 0 Å². The molecule has 122 valence electrons. The maximum absolute atomic E-state index is 5.40. The summed E-state index contributed by atoms with van der Waals surface area (Å²) in [7, 11) is 1.62. The molecule has 0 saturated carbocycles. The van der Waals surface area contributed by atoms with Gasteiger partial charge in [-0.2, -0.15) is 0 Å². The number of unbranched alkanes of at least 4 members (excludes halogenated alkanes) is 2. The lowest BCUT2D eigenvalue weighted by atomic mass is 10.2. The zero-order valence-electron chi connectivity index (χ0n) is 13.7. The zero-order valence-corrected chi connectivity index (χ0v) is 13.7. The molecule has 0 fully saturated rings. The molecule has 0 aromatic rings. The molecular formula is C18H26O4. The van der Waals surface area contributed by atoms with Crippen LogP contribution >= 0.6 is 0 Å². The van der Waals surface area contributed by atoms with Crippen LogP contribution < -0.4 is 0 Å². The van der Waals surface area contributed by atoms with Crippen molar-refractivity contribution < 1.29 is 18.9 Å². The van der Waals surface area contributed by atoms with Crippen molar-refractivity contribution in [2.75, 3.05) is 53.4 Å². The van der Waals surface area contributed by atoms with Gasteiger partial charge in [0.05, 0.1) is 0 Å². The largest absolute Gasteiger partial charge is 0.372 e. The molecule has 0 aliphatic rings. The number of hydrogen-bond donors (Lipinski definition) is 0.